The average Bonchev–Trinajstić information content (AvgIpc) is 3.04. The van der Waals surface area contributed by atoms with Gasteiger partial charge in [-0.05, 0) is 25.0 Å². The molecule has 28 heavy (non-hydrogen) atoms. The first kappa shape index (κ1) is 21.2. The SMILES string of the molecule is CCOC(=O)c1nc(CC)n(-c2ncc(CCC(F)(F)F)cc2OC)c1C#N. The number of aryl methyl sites for hydroxylation is 2. The Balaban J connectivity index is 2.54. The molecule has 0 amide bonds. The van der Waals surface area contributed by atoms with E-state index in [-0.39, 0.29) is 36.0 Å². The molecule has 0 saturated heterocycles. The first-order chi connectivity index (χ1) is 13.3. The molecule has 0 radical (unpaired) electrons. The Morgan fingerprint density at radius 2 is 2.07 bits per heavy atom. The highest BCUT2D eigenvalue weighted by Gasteiger charge is 2.28. The van der Waals surface area contributed by atoms with Gasteiger partial charge in [0.25, 0.3) is 0 Å². The molecule has 0 unspecified atom stereocenters. The fraction of sp³-hybridized carbons (Fsp3) is 0.444. The standard InChI is InChI=1S/C18H19F3N4O3/c1-4-14-24-15(17(26)28-5-2)12(9-22)25(14)16-13(27-3)8-11(10-23-16)6-7-18(19,20)21/h8,10H,4-7H2,1-3H3. The Kier molecular flexibility index (Phi) is 6.62. The van der Waals surface area contributed by atoms with Crippen LogP contribution in [0.2, 0.25) is 0 Å². The number of alkyl halides is 3. The Labute approximate surface area is 159 Å². The smallest absolute Gasteiger partial charge is 0.389 e. The molecular weight excluding hydrogens is 377 g/mol. The first-order valence-corrected chi connectivity index (χ1v) is 8.54. The third-order valence-electron chi connectivity index (χ3n) is 3.86. The van der Waals surface area contributed by atoms with E-state index < -0.39 is 18.6 Å². The zero-order chi connectivity index (χ0) is 20.9. The number of nitrogens with zero attached hydrogens (tertiary/aromatic N) is 4. The van der Waals surface area contributed by atoms with Crippen LogP contribution in [0.15, 0.2) is 12.3 Å². The average molecular weight is 396 g/mol. The minimum atomic E-state index is -4.28. The first-order valence-electron chi connectivity index (χ1n) is 8.54. The van der Waals surface area contributed by atoms with Crippen LogP contribution in [-0.4, -0.2) is 40.4 Å². The number of methoxy groups -OCH3 is 1. The minimum Gasteiger partial charge on any atom is -0.493 e. The van der Waals surface area contributed by atoms with Crippen molar-refractivity contribution in [3.05, 3.63) is 35.0 Å². The zero-order valence-corrected chi connectivity index (χ0v) is 15.6. The van der Waals surface area contributed by atoms with E-state index in [2.05, 4.69) is 9.97 Å². The maximum atomic E-state index is 12.5. The van der Waals surface area contributed by atoms with E-state index in [0.717, 1.165) is 0 Å². The van der Waals surface area contributed by atoms with Gasteiger partial charge in [0.1, 0.15) is 11.9 Å². The molecule has 0 aromatic carbocycles. The lowest BCUT2D eigenvalue weighted by molar-refractivity contribution is -0.134. The topological polar surface area (TPSA) is 90.0 Å². The molecule has 0 aliphatic carbocycles. The number of hydrogen-bond donors (Lipinski definition) is 0. The predicted molar refractivity (Wildman–Crippen MR) is 92.3 cm³/mol. The molecule has 0 N–H and O–H groups in total. The van der Waals surface area contributed by atoms with Gasteiger partial charge >= 0.3 is 12.1 Å². The third-order valence-corrected chi connectivity index (χ3v) is 3.86. The molecule has 0 aliphatic heterocycles. The number of rotatable bonds is 7. The van der Waals surface area contributed by atoms with Gasteiger partial charge in [0, 0.05) is 19.0 Å². The number of carbonyl (C=O) groups excluding carboxylic acids is 1. The highest BCUT2D eigenvalue weighted by Crippen LogP contribution is 2.28. The van der Waals surface area contributed by atoms with Crippen LogP contribution < -0.4 is 4.74 Å². The summed E-state index contributed by atoms with van der Waals surface area (Å²) >= 11 is 0. The lowest BCUT2D eigenvalue weighted by atomic mass is 10.1. The van der Waals surface area contributed by atoms with Crippen LogP contribution in [0.5, 0.6) is 5.75 Å². The molecule has 2 rings (SSSR count). The molecule has 0 fully saturated rings. The van der Waals surface area contributed by atoms with Crippen molar-refractivity contribution in [2.75, 3.05) is 13.7 Å². The van der Waals surface area contributed by atoms with Gasteiger partial charge in [0.15, 0.2) is 23.0 Å². The number of halogens is 3. The molecule has 2 heterocycles. The van der Waals surface area contributed by atoms with E-state index >= 15 is 0 Å². The molecule has 2 aromatic rings. The summed E-state index contributed by atoms with van der Waals surface area (Å²) in [6.07, 6.45) is -3.87. The summed E-state index contributed by atoms with van der Waals surface area (Å²) in [5.74, 6) is -0.0462. The number of esters is 1. The third kappa shape index (κ3) is 4.60. The summed E-state index contributed by atoms with van der Waals surface area (Å²) in [6.45, 7) is 3.53. The van der Waals surface area contributed by atoms with Crippen LogP contribution in [0.3, 0.4) is 0 Å². The molecule has 2 aromatic heterocycles. The highest BCUT2D eigenvalue weighted by atomic mass is 19.4. The number of pyridine rings is 1. The van der Waals surface area contributed by atoms with Gasteiger partial charge in [-0.1, -0.05) is 6.92 Å². The molecule has 0 saturated carbocycles. The van der Waals surface area contributed by atoms with Gasteiger partial charge in [0.2, 0.25) is 0 Å². The second-order valence-electron chi connectivity index (χ2n) is 5.73. The van der Waals surface area contributed by atoms with Crippen LogP contribution in [0, 0.1) is 11.3 Å². The molecule has 10 heteroatoms. The van der Waals surface area contributed by atoms with Gasteiger partial charge in [-0.25, -0.2) is 14.8 Å². The summed E-state index contributed by atoms with van der Waals surface area (Å²) < 4.78 is 49.0. The minimum absolute atomic E-state index is 0.0795. The molecule has 150 valence electrons. The number of imidazole rings is 1. The predicted octanol–water partition coefficient (Wildman–Crippen LogP) is 3.38. The van der Waals surface area contributed by atoms with Crippen molar-refractivity contribution in [1.29, 1.82) is 5.26 Å². The Morgan fingerprint density at radius 1 is 1.36 bits per heavy atom. The molecule has 0 aliphatic rings. The van der Waals surface area contributed by atoms with Gasteiger partial charge < -0.3 is 9.47 Å². The monoisotopic (exact) mass is 396 g/mol. The number of carbonyl (C=O) groups is 1. The van der Waals surface area contributed by atoms with Crippen molar-refractivity contribution in [3.63, 3.8) is 0 Å². The molecule has 0 bridgehead atoms. The molecule has 0 atom stereocenters. The fourth-order valence-electron chi connectivity index (χ4n) is 2.60. The Hall–Kier alpha value is -3.09. The van der Waals surface area contributed by atoms with Crippen molar-refractivity contribution in [2.45, 2.75) is 39.3 Å². The number of hydrogen-bond acceptors (Lipinski definition) is 6. The number of aromatic nitrogens is 3. The Bertz CT molecular complexity index is 901. The lowest BCUT2D eigenvalue weighted by Crippen LogP contribution is -2.11. The van der Waals surface area contributed by atoms with E-state index in [1.807, 2.05) is 6.07 Å². The van der Waals surface area contributed by atoms with E-state index in [1.54, 1.807) is 13.8 Å². The molecular formula is C18H19F3N4O3. The maximum absolute atomic E-state index is 12.5. The van der Waals surface area contributed by atoms with Crippen LogP contribution in [0.1, 0.15) is 47.8 Å². The van der Waals surface area contributed by atoms with Crippen molar-refractivity contribution >= 4 is 5.97 Å². The van der Waals surface area contributed by atoms with Gasteiger partial charge in [0.05, 0.1) is 13.7 Å². The van der Waals surface area contributed by atoms with E-state index in [1.165, 1.54) is 23.9 Å². The number of nitriles is 1. The van der Waals surface area contributed by atoms with E-state index in [9.17, 15) is 23.2 Å². The summed E-state index contributed by atoms with van der Waals surface area (Å²) in [5.41, 5.74) is 0.107. The fourth-order valence-corrected chi connectivity index (χ4v) is 2.60. The summed E-state index contributed by atoms with van der Waals surface area (Å²) in [5, 5.41) is 9.57. The lowest BCUT2D eigenvalue weighted by Gasteiger charge is -2.13. The van der Waals surface area contributed by atoms with Crippen LogP contribution in [0.25, 0.3) is 5.82 Å². The molecule has 7 nitrogen and oxygen atoms in total. The van der Waals surface area contributed by atoms with Crippen molar-refractivity contribution in [1.82, 2.24) is 14.5 Å². The maximum Gasteiger partial charge on any atom is 0.389 e. The number of ether oxygens (including phenoxy) is 2. The molecule has 0 spiro atoms. The second-order valence-corrected chi connectivity index (χ2v) is 5.73. The van der Waals surface area contributed by atoms with E-state index in [0.29, 0.717) is 17.8 Å². The van der Waals surface area contributed by atoms with Gasteiger partial charge in [-0.15, -0.1) is 0 Å². The second kappa shape index (κ2) is 8.73. The quantitative estimate of drug-likeness (QED) is 0.667. The summed E-state index contributed by atoms with van der Waals surface area (Å²) in [6, 6.07) is 3.35. The zero-order valence-electron chi connectivity index (χ0n) is 15.6. The van der Waals surface area contributed by atoms with Gasteiger partial charge in [-0.2, -0.15) is 18.4 Å². The largest absolute Gasteiger partial charge is 0.493 e. The van der Waals surface area contributed by atoms with Gasteiger partial charge in [-0.3, -0.25) is 4.57 Å². The van der Waals surface area contributed by atoms with Crippen molar-refractivity contribution in [3.8, 4) is 17.6 Å². The van der Waals surface area contributed by atoms with Crippen LogP contribution in [0.4, 0.5) is 13.2 Å². The van der Waals surface area contributed by atoms with E-state index in [4.69, 9.17) is 9.47 Å². The van der Waals surface area contributed by atoms with Crippen LogP contribution >= 0.6 is 0 Å². The summed E-state index contributed by atoms with van der Waals surface area (Å²) in [4.78, 5) is 20.5. The van der Waals surface area contributed by atoms with Crippen molar-refractivity contribution in [2.24, 2.45) is 0 Å². The Morgan fingerprint density at radius 3 is 2.61 bits per heavy atom. The summed E-state index contributed by atoms with van der Waals surface area (Å²) in [7, 11) is 1.34. The van der Waals surface area contributed by atoms with Crippen molar-refractivity contribution < 1.29 is 27.4 Å². The normalized spacial score (nSPS) is 11.2. The highest BCUT2D eigenvalue weighted by molar-refractivity contribution is 5.90. The van der Waals surface area contributed by atoms with Crippen LogP contribution in [-0.2, 0) is 17.6 Å².